The molecule has 2 aromatic rings. The van der Waals surface area contributed by atoms with Crippen molar-refractivity contribution in [3.63, 3.8) is 0 Å². The predicted octanol–water partition coefficient (Wildman–Crippen LogP) is 3.55. The Morgan fingerprint density at radius 2 is 1.79 bits per heavy atom. The van der Waals surface area contributed by atoms with Gasteiger partial charge in [0.2, 0.25) is 0 Å². The molecule has 2 fully saturated rings. The Kier molecular flexibility index (Phi) is 4.39. The van der Waals surface area contributed by atoms with Crippen LogP contribution in [0.3, 0.4) is 0 Å². The lowest BCUT2D eigenvalue weighted by molar-refractivity contribution is 0.0608. The summed E-state index contributed by atoms with van der Waals surface area (Å²) in [6.07, 6.45) is 6.17. The number of furan rings is 1. The molecule has 0 bridgehead atoms. The minimum atomic E-state index is 0.0501. The smallest absolute Gasteiger partial charge is 0.289 e. The maximum Gasteiger partial charge on any atom is 0.289 e. The molecule has 2 aliphatic rings. The lowest BCUT2D eigenvalue weighted by atomic mass is 10.0. The number of hydrogen-bond donors (Lipinski definition) is 0. The number of amides is 1. The van der Waals surface area contributed by atoms with E-state index in [4.69, 9.17) is 4.42 Å². The molecule has 4 nitrogen and oxygen atoms in total. The molecular formula is C20H24N2O2. The summed E-state index contributed by atoms with van der Waals surface area (Å²) in [4.78, 5) is 17.4. The number of carbonyl (C=O) groups excluding carboxylic acids is 1. The molecule has 24 heavy (non-hydrogen) atoms. The molecule has 0 aliphatic carbocycles. The van der Waals surface area contributed by atoms with Gasteiger partial charge in [-0.2, -0.15) is 0 Å². The molecule has 2 aliphatic heterocycles. The Morgan fingerprint density at radius 3 is 2.58 bits per heavy atom. The highest BCUT2D eigenvalue weighted by Crippen LogP contribution is 2.32. The molecule has 1 aromatic heterocycles. The Hall–Kier alpha value is -2.07. The van der Waals surface area contributed by atoms with Crippen molar-refractivity contribution in [3.05, 3.63) is 60.1 Å². The van der Waals surface area contributed by atoms with Crippen LogP contribution in [0.1, 0.15) is 41.8 Å². The first kappa shape index (κ1) is 15.5. The SMILES string of the molecule is O=C(c1ccco1)N1CCC[C@@H]1[C@@H]1CCCN1Cc1ccccc1. The predicted molar refractivity (Wildman–Crippen MR) is 92.6 cm³/mol. The fourth-order valence-electron chi connectivity index (χ4n) is 4.29. The zero-order chi connectivity index (χ0) is 16.4. The van der Waals surface area contributed by atoms with Crippen LogP contribution in [0.2, 0.25) is 0 Å². The maximum atomic E-state index is 12.8. The van der Waals surface area contributed by atoms with Gasteiger partial charge < -0.3 is 9.32 Å². The van der Waals surface area contributed by atoms with Crippen LogP contribution >= 0.6 is 0 Å². The van der Waals surface area contributed by atoms with Gasteiger partial charge in [0.25, 0.3) is 5.91 Å². The molecule has 4 rings (SSSR count). The maximum absolute atomic E-state index is 12.8. The van der Waals surface area contributed by atoms with Crippen LogP contribution in [-0.2, 0) is 6.54 Å². The third-order valence-electron chi connectivity index (χ3n) is 5.38. The van der Waals surface area contributed by atoms with Crippen molar-refractivity contribution in [2.24, 2.45) is 0 Å². The third kappa shape index (κ3) is 2.98. The van der Waals surface area contributed by atoms with Crippen LogP contribution < -0.4 is 0 Å². The lowest BCUT2D eigenvalue weighted by Crippen LogP contribution is -2.48. The van der Waals surface area contributed by atoms with Gasteiger partial charge in [-0.1, -0.05) is 30.3 Å². The third-order valence-corrected chi connectivity index (χ3v) is 5.38. The van der Waals surface area contributed by atoms with E-state index >= 15 is 0 Å². The standard InChI is InChI=1S/C20H24N2O2/c23-20(19-11-6-14-24-19)22-13-5-10-18(22)17-9-4-12-21(17)15-16-7-2-1-3-8-16/h1-3,6-8,11,14,17-18H,4-5,9-10,12-13,15H2/t17-,18+/m0/s1. The Balaban J connectivity index is 1.49. The van der Waals surface area contributed by atoms with E-state index in [0.29, 0.717) is 17.8 Å². The summed E-state index contributed by atoms with van der Waals surface area (Å²) >= 11 is 0. The largest absolute Gasteiger partial charge is 0.459 e. The van der Waals surface area contributed by atoms with Crippen LogP contribution in [0.4, 0.5) is 0 Å². The van der Waals surface area contributed by atoms with Crippen molar-refractivity contribution in [3.8, 4) is 0 Å². The first-order valence-corrected chi connectivity index (χ1v) is 8.95. The molecular weight excluding hydrogens is 300 g/mol. The van der Waals surface area contributed by atoms with Gasteiger partial charge in [0.15, 0.2) is 5.76 Å². The summed E-state index contributed by atoms with van der Waals surface area (Å²) in [7, 11) is 0. The molecule has 126 valence electrons. The second-order valence-electron chi connectivity index (χ2n) is 6.85. The van der Waals surface area contributed by atoms with Crippen molar-refractivity contribution in [2.45, 2.75) is 44.3 Å². The first-order chi connectivity index (χ1) is 11.8. The second-order valence-corrected chi connectivity index (χ2v) is 6.85. The fourth-order valence-corrected chi connectivity index (χ4v) is 4.29. The van der Waals surface area contributed by atoms with Gasteiger partial charge in [-0.3, -0.25) is 9.69 Å². The van der Waals surface area contributed by atoms with E-state index in [9.17, 15) is 4.79 Å². The van der Waals surface area contributed by atoms with E-state index in [-0.39, 0.29) is 5.91 Å². The van der Waals surface area contributed by atoms with Gasteiger partial charge >= 0.3 is 0 Å². The van der Waals surface area contributed by atoms with E-state index in [0.717, 1.165) is 32.5 Å². The van der Waals surface area contributed by atoms with Crippen LogP contribution in [-0.4, -0.2) is 40.9 Å². The first-order valence-electron chi connectivity index (χ1n) is 8.95. The van der Waals surface area contributed by atoms with E-state index in [1.165, 1.54) is 18.4 Å². The topological polar surface area (TPSA) is 36.7 Å². The number of hydrogen-bond acceptors (Lipinski definition) is 3. The highest BCUT2D eigenvalue weighted by molar-refractivity contribution is 5.91. The van der Waals surface area contributed by atoms with Gasteiger partial charge in [0.1, 0.15) is 0 Å². The Labute approximate surface area is 143 Å². The molecule has 1 amide bonds. The van der Waals surface area contributed by atoms with Gasteiger partial charge in [-0.25, -0.2) is 0 Å². The minimum Gasteiger partial charge on any atom is -0.459 e. The average molecular weight is 324 g/mol. The molecule has 3 heterocycles. The zero-order valence-electron chi connectivity index (χ0n) is 13.9. The highest BCUT2D eigenvalue weighted by Gasteiger charge is 2.40. The van der Waals surface area contributed by atoms with Gasteiger partial charge in [-0.15, -0.1) is 0 Å². The van der Waals surface area contributed by atoms with Crippen molar-refractivity contribution < 1.29 is 9.21 Å². The molecule has 0 N–H and O–H groups in total. The van der Waals surface area contributed by atoms with E-state index in [2.05, 4.69) is 35.2 Å². The van der Waals surface area contributed by atoms with E-state index < -0.39 is 0 Å². The van der Waals surface area contributed by atoms with Crippen molar-refractivity contribution >= 4 is 5.91 Å². The summed E-state index contributed by atoms with van der Waals surface area (Å²) in [6.45, 7) is 2.95. The number of rotatable bonds is 4. The number of benzene rings is 1. The van der Waals surface area contributed by atoms with Crippen LogP contribution in [0.25, 0.3) is 0 Å². The Bertz CT molecular complexity index is 668. The quantitative estimate of drug-likeness (QED) is 0.863. The van der Waals surface area contributed by atoms with Crippen LogP contribution in [0.5, 0.6) is 0 Å². The lowest BCUT2D eigenvalue weighted by Gasteiger charge is -2.34. The number of carbonyl (C=O) groups is 1. The molecule has 0 saturated carbocycles. The van der Waals surface area contributed by atoms with Gasteiger partial charge in [-0.05, 0) is 49.9 Å². The summed E-state index contributed by atoms with van der Waals surface area (Å²) in [5.41, 5.74) is 1.35. The van der Waals surface area contributed by atoms with Crippen molar-refractivity contribution in [1.82, 2.24) is 9.80 Å². The fraction of sp³-hybridized carbons (Fsp3) is 0.450. The monoisotopic (exact) mass is 324 g/mol. The summed E-state index contributed by atoms with van der Waals surface area (Å²) in [6, 6.07) is 15.0. The highest BCUT2D eigenvalue weighted by atomic mass is 16.3. The summed E-state index contributed by atoms with van der Waals surface area (Å²) < 4.78 is 5.34. The van der Waals surface area contributed by atoms with Crippen molar-refractivity contribution in [2.75, 3.05) is 13.1 Å². The normalized spacial score (nSPS) is 24.6. The molecule has 0 spiro atoms. The molecule has 2 saturated heterocycles. The summed E-state index contributed by atoms with van der Waals surface area (Å²) in [5, 5.41) is 0. The van der Waals surface area contributed by atoms with Crippen LogP contribution in [0.15, 0.2) is 53.1 Å². The molecule has 0 unspecified atom stereocenters. The van der Waals surface area contributed by atoms with Crippen molar-refractivity contribution in [1.29, 1.82) is 0 Å². The van der Waals surface area contributed by atoms with Crippen LogP contribution in [0, 0.1) is 0 Å². The Morgan fingerprint density at radius 1 is 1.00 bits per heavy atom. The molecule has 1 aromatic carbocycles. The van der Waals surface area contributed by atoms with E-state index in [1.54, 1.807) is 18.4 Å². The van der Waals surface area contributed by atoms with Gasteiger partial charge in [0.05, 0.1) is 6.26 Å². The molecule has 4 heteroatoms. The second kappa shape index (κ2) is 6.81. The molecule has 2 atom stereocenters. The molecule has 0 radical (unpaired) electrons. The minimum absolute atomic E-state index is 0.0501. The van der Waals surface area contributed by atoms with Gasteiger partial charge in [0, 0.05) is 25.2 Å². The van der Waals surface area contributed by atoms with E-state index in [1.807, 2.05) is 4.90 Å². The average Bonchev–Trinajstić information content (AvgIpc) is 3.36. The number of nitrogens with zero attached hydrogens (tertiary/aromatic N) is 2. The summed E-state index contributed by atoms with van der Waals surface area (Å²) in [5.74, 6) is 0.517. The number of likely N-dealkylation sites (tertiary alicyclic amines) is 2. The zero-order valence-corrected chi connectivity index (χ0v) is 13.9.